The zero-order valence-corrected chi connectivity index (χ0v) is 41.9. The van der Waals surface area contributed by atoms with Crippen LogP contribution >= 0.6 is 7.82 Å². The van der Waals surface area contributed by atoms with Crippen molar-refractivity contribution in [3.05, 3.63) is 86.7 Å². The summed E-state index contributed by atoms with van der Waals surface area (Å²) in [5.41, 5.74) is 3.61. The van der Waals surface area contributed by atoms with E-state index >= 15 is 0 Å². The fourth-order valence-corrected chi connectivity index (χ4v) is 10.4. The van der Waals surface area contributed by atoms with Gasteiger partial charge < -0.3 is 37.7 Å². The third kappa shape index (κ3) is 13.5. The van der Waals surface area contributed by atoms with Crippen molar-refractivity contribution in [1.82, 2.24) is 14.5 Å². The molecule has 0 amide bonds. The molecule has 3 heterocycles. The van der Waals surface area contributed by atoms with Crippen LogP contribution in [0.4, 0.5) is 0 Å². The number of nitrogens with zero attached hydrogens (tertiary/aromatic N) is 4. The number of Topliss-reactive ketones (excluding diaryl/α,β-unsaturated/α-hetero) is 1. The van der Waals surface area contributed by atoms with Gasteiger partial charge in [0.1, 0.15) is 30.3 Å². The molecule has 12 nitrogen and oxygen atoms in total. The molecule has 2 aromatic heterocycles. The predicted octanol–water partition coefficient (Wildman–Crippen LogP) is 10.9. The number of phosphoric ester groups is 1. The van der Waals surface area contributed by atoms with E-state index in [4.69, 9.17) is 18.8 Å². The first-order chi connectivity index (χ1) is 31.5. The summed E-state index contributed by atoms with van der Waals surface area (Å²) in [6.07, 6.45) is 19.4. The van der Waals surface area contributed by atoms with Gasteiger partial charge in [-0.25, -0.2) is 4.98 Å². The van der Waals surface area contributed by atoms with Crippen LogP contribution in [-0.2, 0) is 43.5 Å². The number of quaternary nitrogens is 1. The number of aromatic nitrogens is 2. The highest BCUT2D eigenvalue weighted by molar-refractivity contribution is 7.45. The van der Waals surface area contributed by atoms with Gasteiger partial charge in [-0.1, -0.05) is 122 Å². The van der Waals surface area contributed by atoms with Crippen molar-refractivity contribution in [3.63, 3.8) is 0 Å². The minimum atomic E-state index is -4.59. The minimum absolute atomic E-state index is 0.0425. The SMILES string of the molecule is CCCCCCCCCCCCCCCCCC(OP(=O)([O-])OCC[N+](C)(C)C)c1ccc(Oc2ccc3nc4c(cc3c2CN(C)C)Cn2c-4cc3c(c2=O)CCC(=O)[C@]3(O)CC)cc1. The normalized spacial score (nSPS) is 17.2. The van der Waals surface area contributed by atoms with Crippen molar-refractivity contribution in [3.8, 4) is 22.9 Å². The number of likely N-dealkylation sites (N-methyl/N-ethyl adjacent to an activating group) is 1. The van der Waals surface area contributed by atoms with Gasteiger partial charge in [-0.2, -0.15) is 0 Å². The lowest BCUT2D eigenvalue weighted by atomic mass is 9.77. The number of unbranched alkanes of at least 4 members (excludes halogenated alkanes) is 14. The number of ether oxygens (including phenoxy) is 1. The highest BCUT2D eigenvalue weighted by Gasteiger charge is 2.43. The zero-order valence-electron chi connectivity index (χ0n) is 41.0. The number of pyridine rings is 2. The van der Waals surface area contributed by atoms with Crippen molar-refractivity contribution in [1.29, 1.82) is 0 Å². The van der Waals surface area contributed by atoms with Gasteiger partial charge in [-0.15, -0.1) is 0 Å². The molecule has 13 heteroatoms. The van der Waals surface area contributed by atoms with Crippen molar-refractivity contribution < 1.29 is 37.6 Å². The van der Waals surface area contributed by atoms with Crippen LogP contribution in [0, 0.1) is 0 Å². The Morgan fingerprint density at radius 1 is 0.864 bits per heavy atom. The molecule has 0 saturated heterocycles. The van der Waals surface area contributed by atoms with Crippen LogP contribution in [0.2, 0.25) is 0 Å². The fraction of sp³-hybridized carbons (Fsp3) is 0.604. The zero-order chi connectivity index (χ0) is 47.5. The van der Waals surface area contributed by atoms with Crippen LogP contribution in [0.3, 0.4) is 0 Å². The maximum absolute atomic E-state index is 13.9. The predicted molar refractivity (Wildman–Crippen MR) is 262 cm³/mol. The third-order valence-corrected chi connectivity index (χ3v) is 14.4. The van der Waals surface area contributed by atoms with Crippen LogP contribution in [0.25, 0.3) is 22.3 Å². The van der Waals surface area contributed by atoms with Gasteiger partial charge >= 0.3 is 0 Å². The lowest BCUT2D eigenvalue weighted by Gasteiger charge is -2.32. The molecule has 4 aromatic rings. The topological polar surface area (TPSA) is 143 Å². The average molecular weight is 929 g/mol. The van der Waals surface area contributed by atoms with E-state index in [2.05, 4.69) is 17.9 Å². The first-order valence-corrected chi connectivity index (χ1v) is 26.4. The molecule has 0 saturated carbocycles. The molecule has 362 valence electrons. The standard InChI is InChI=1S/C53H77N4O8P/c1-8-10-11-12-13-14-15-16-17-18-19-20-21-22-23-24-48(65-66(61,62)63-34-33-57(5,6)7)39-25-27-41(28-26-39)64-49-31-30-46-43(44(49)38-55(3)4)35-40-37-56-47(51(40)54-46)36-45-42(52(56)59)29-32-50(58)53(45,60)9-2/h25-28,30-31,35-36,48,60H,8-24,29,32-34,37-38H2,1-7H3/t48?,53-/m0/s1. The summed E-state index contributed by atoms with van der Waals surface area (Å²) < 4.78 is 33.2. The third-order valence-electron chi connectivity index (χ3n) is 13.4. The molecule has 6 rings (SSSR count). The van der Waals surface area contributed by atoms with Gasteiger partial charge in [0.2, 0.25) is 0 Å². The number of carbonyl (C=O) groups is 1. The van der Waals surface area contributed by atoms with Gasteiger partial charge in [0.15, 0.2) is 5.78 Å². The number of aliphatic hydroxyl groups is 1. The number of hydrogen-bond acceptors (Lipinski definition) is 10. The molecule has 0 bridgehead atoms. The first-order valence-electron chi connectivity index (χ1n) is 24.9. The Bertz CT molecular complexity index is 2360. The molecule has 2 unspecified atom stereocenters. The van der Waals surface area contributed by atoms with Crippen LogP contribution in [-0.4, -0.2) is 78.2 Å². The molecule has 1 aliphatic carbocycles. The van der Waals surface area contributed by atoms with Crippen molar-refractivity contribution in [2.24, 2.45) is 0 Å². The Kier molecular flexibility index (Phi) is 18.4. The fourth-order valence-electron chi connectivity index (χ4n) is 9.52. The summed E-state index contributed by atoms with van der Waals surface area (Å²) >= 11 is 0. The van der Waals surface area contributed by atoms with Gasteiger partial charge in [-0.05, 0) is 75.3 Å². The van der Waals surface area contributed by atoms with Crippen molar-refractivity contribution in [2.75, 3.05) is 48.4 Å². The van der Waals surface area contributed by atoms with Crippen LogP contribution in [0.15, 0.2) is 53.3 Å². The second-order valence-electron chi connectivity index (χ2n) is 20.1. The number of benzene rings is 2. The highest BCUT2D eigenvalue weighted by atomic mass is 31.2. The summed E-state index contributed by atoms with van der Waals surface area (Å²) in [4.78, 5) is 47.1. The summed E-state index contributed by atoms with van der Waals surface area (Å²) in [7, 11) is 5.36. The number of phosphoric acid groups is 1. The van der Waals surface area contributed by atoms with E-state index in [0.717, 1.165) is 46.9 Å². The molecule has 0 fully saturated rings. The van der Waals surface area contributed by atoms with E-state index in [1.54, 1.807) is 17.6 Å². The van der Waals surface area contributed by atoms with E-state index in [9.17, 15) is 24.2 Å². The van der Waals surface area contributed by atoms with Crippen molar-refractivity contribution in [2.45, 2.75) is 161 Å². The van der Waals surface area contributed by atoms with Gasteiger partial charge in [0.05, 0.1) is 50.7 Å². The number of rotatable bonds is 28. The molecule has 66 heavy (non-hydrogen) atoms. The molecule has 2 aliphatic rings. The lowest BCUT2D eigenvalue weighted by molar-refractivity contribution is -0.870. The summed E-state index contributed by atoms with van der Waals surface area (Å²) in [5.74, 6) is 0.987. The smallest absolute Gasteiger partial charge is 0.268 e. The number of ketones is 1. The quantitative estimate of drug-likeness (QED) is 0.0292. The van der Waals surface area contributed by atoms with E-state index in [1.165, 1.54) is 77.0 Å². The number of carbonyl (C=O) groups excluding carboxylic acids is 1. The summed E-state index contributed by atoms with van der Waals surface area (Å²) in [6.45, 7) is 5.50. The Hall–Kier alpha value is -3.74. The second-order valence-corrected chi connectivity index (χ2v) is 21.5. The molecule has 0 spiro atoms. The molecule has 3 atom stereocenters. The monoisotopic (exact) mass is 929 g/mol. The molecular weight excluding hydrogens is 852 g/mol. The summed E-state index contributed by atoms with van der Waals surface area (Å²) in [6, 6.07) is 15.2. The Morgan fingerprint density at radius 3 is 2.08 bits per heavy atom. The van der Waals surface area contributed by atoms with E-state index in [0.29, 0.717) is 71.0 Å². The molecule has 2 aromatic carbocycles. The maximum atomic E-state index is 13.9. The van der Waals surface area contributed by atoms with Gasteiger partial charge in [0, 0.05) is 40.6 Å². The van der Waals surface area contributed by atoms with E-state index in [-0.39, 0.29) is 30.8 Å². The van der Waals surface area contributed by atoms with Crippen molar-refractivity contribution >= 4 is 24.5 Å². The largest absolute Gasteiger partial charge is 0.756 e. The van der Waals surface area contributed by atoms with E-state index < -0.39 is 19.5 Å². The van der Waals surface area contributed by atoms with Crippen LogP contribution < -0.4 is 15.2 Å². The Morgan fingerprint density at radius 2 is 1.48 bits per heavy atom. The molecular formula is C53H77N4O8P. The van der Waals surface area contributed by atoms with E-state index in [1.807, 2.05) is 71.6 Å². The maximum Gasteiger partial charge on any atom is 0.268 e. The van der Waals surface area contributed by atoms with Crippen LogP contribution in [0.1, 0.15) is 163 Å². The Labute approximate surface area is 393 Å². The first kappa shape index (κ1) is 51.6. The summed E-state index contributed by atoms with van der Waals surface area (Å²) in [5, 5.41) is 12.3. The Balaban J connectivity index is 1.13. The molecule has 1 aliphatic heterocycles. The van der Waals surface area contributed by atoms with Gasteiger partial charge in [0.25, 0.3) is 13.4 Å². The number of hydrogen-bond donors (Lipinski definition) is 1. The highest BCUT2D eigenvalue weighted by Crippen LogP contribution is 2.46. The number of fused-ring (bicyclic) bond motifs is 5. The lowest BCUT2D eigenvalue weighted by Crippen LogP contribution is -2.43. The minimum Gasteiger partial charge on any atom is -0.756 e. The second kappa shape index (κ2) is 23.5. The van der Waals surface area contributed by atoms with Gasteiger partial charge in [-0.3, -0.25) is 14.2 Å². The molecule has 0 radical (unpaired) electrons. The average Bonchev–Trinajstić information content (AvgIpc) is 3.63. The molecule has 1 N–H and O–H groups in total. The van der Waals surface area contributed by atoms with Crippen LogP contribution in [0.5, 0.6) is 11.5 Å².